The number of nitrogens with one attached hydrogen (secondary N) is 1. The first-order valence-electron chi connectivity index (χ1n) is 7.99. The lowest BCUT2D eigenvalue weighted by Crippen LogP contribution is -2.45. The van der Waals surface area contributed by atoms with Gasteiger partial charge < -0.3 is 11.1 Å². The maximum absolute atomic E-state index is 12.0. The molecular weight excluding hydrogens is 300 g/mol. The first-order valence-corrected chi connectivity index (χ1v) is 7.99. The van der Waals surface area contributed by atoms with E-state index in [1.54, 1.807) is 0 Å². The third-order valence-corrected chi connectivity index (χ3v) is 3.61. The summed E-state index contributed by atoms with van der Waals surface area (Å²) in [6.07, 6.45) is 5.26. The Kier molecular flexibility index (Phi) is 6.77. The van der Waals surface area contributed by atoms with Crippen LogP contribution in [0, 0.1) is 0 Å². The molecule has 0 spiro atoms. The Bertz CT molecular complexity index is 681. The topological polar surface area (TPSA) is 72.2 Å². The van der Waals surface area contributed by atoms with Crippen molar-refractivity contribution >= 4 is 17.9 Å². The SMILES string of the molecule is NC(=O)[C@@H](Cc1ccccc1)NC(=O)CC/C=C\c1ccccc1. The summed E-state index contributed by atoms with van der Waals surface area (Å²) in [5, 5.41) is 2.72. The summed E-state index contributed by atoms with van der Waals surface area (Å²) in [7, 11) is 0. The van der Waals surface area contributed by atoms with Gasteiger partial charge in [-0.05, 0) is 17.5 Å². The number of carbonyl (C=O) groups is 2. The van der Waals surface area contributed by atoms with Crippen molar-refractivity contribution in [1.29, 1.82) is 0 Å². The summed E-state index contributed by atoms with van der Waals surface area (Å²) in [4.78, 5) is 23.6. The second kappa shape index (κ2) is 9.30. The molecule has 0 aliphatic carbocycles. The zero-order valence-electron chi connectivity index (χ0n) is 13.5. The molecule has 2 aromatic carbocycles. The molecule has 0 heterocycles. The van der Waals surface area contributed by atoms with Crippen LogP contribution in [0.1, 0.15) is 24.0 Å². The molecule has 0 fully saturated rings. The fraction of sp³-hybridized carbons (Fsp3) is 0.200. The van der Waals surface area contributed by atoms with E-state index < -0.39 is 11.9 Å². The van der Waals surface area contributed by atoms with Gasteiger partial charge in [0.1, 0.15) is 6.04 Å². The number of amides is 2. The molecule has 0 saturated carbocycles. The summed E-state index contributed by atoms with van der Waals surface area (Å²) in [6, 6.07) is 18.7. The maximum Gasteiger partial charge on any atom is 0.240 e. The van der Waals surface area contributed by atoms with Gasteiger partial charge in [-0.25, -0.2) is 0 Å². The molecule has 2 aromatic rings. The van der Waals surface area contributed by atoms with Crippen LogP contribution in [0.25, 0.3) is 6.08 Å². The van der Waals surface area contributed by atoms with Crippen molar-refractivity contribution in [3.05, 3.63) is 77.9 Å². The van der Waals surface area contributed by atoms with Crippen LogP contribution in [0.5, 0.6) is 0 Å². The number of allylic oxidation sites excluding steroid dienone is 1. The molecule has 0 saturated heterocycles. The van der Waals surface area contributed by atoms with Crippen molar-refractivity contribution in [2.75, 3.05) is 0 Å². The third kappa shape index (κ3) is 6.08. The van der Waals surface area contributed by atoms with E-state index in [0.29, 0.717) is 19.3 Å². The molecule has 124 valence electrons. The number of primary amides is 1. The first kappa shape index (κ1) is 17.5. The first-order chi connectivity index (χ1) is 11.6. The number of carbonyl (C=O) groups excluding carboxylic acids is 2. The summed E-state index contributed by atoms with van der Waals surface area (Å²) in [6.45, 7) is 0. The Labute approximate surface area is 142 Å². The molecule has 0 aromatic heterocycles. The minimum atomic E-state index is -0.682. The number of benzene rings is 2. The molecule has 1 atom stereocenters. The van der Waals surface area contributed by atoms with E-state index in [-0.39, 0.29) is 5.91 Å². The summed E-state index contributed by atoms with van der Waals surface area (Å²) < 4.78 is 0. The van der Waals surface area contributed by atoms with Crippen LogP contribution in [0.3, 0.4) is 0 Å². The van der Waals surface area contributed by atoms with Gasteiger partial charge in [-0.3, -0.25) is 9.59 Å². The van der Waals surface area contributed by atoms with Gasteiger partial charge in [0.05, 0.1) is 0 Å². The fourth-order valence-electron chi connectivity index (χ4n) is 2.34. The van der Waals surface area contributed by atoms with E-state index in [4.69, 9.17) is 5.73 Å². The Morgan fingerprint density at radius 3 is 2.25 bits per heavy atom. The van der Waals surface area contributed by atoms with Gasteiger partial charge in [-0.1, -0.05) is 72.8 Å². The van der Waals surface area contributed by atoms with Crippen LogP contribution in [-0.4, -0.2) is 17.9 Å². The molecular formula is C20H22N2O2. The number of hydrogen-bond donors (Lipinski definition) is 2. The maximum atomic E-state index is 12.0. The van der Waals surface area contributed by atoms with E-state index >= 15 is 0 Å². The molecule has 4 heteroatoms. The molecule has 0 aliphatic rings. The predicted molar refractivity (Wildman–Crippen MR) is 96.0 cm³/mol. The van der Waals surface area contributed by atoms with Gasteiger partial charge in [0.25, 0.3) is 0 Å². The van der Waals surface area contributed by atoms with E-state index in [1.807, 2.05) is 72.8 Å². The van der Waals surface area contributed by atoms with Crippen LogP contribution in [0.15, 0.2) is 66.7 Å². The van der Waals surface area contributed by atoms with Crippen molar-refractivity contribution in [3.8, 4) is 0 Å². The number of rotatable bonds is 8. The second-order valence-electron chi connectivity index (χ2n) is 5.56. The van der Waals surface area contributed by atoms with Crippen LogP contribution in [-0.2, 0) is 16.0 Å². The fourth-order valence-corrected chi connectivity index (χ4v) is 2.34. The van der Waals surface area contributed by atoms with E-state index in [0.717, 1.165) is 11.1 Å². The van der Waals surface area contributed by atoms with Gasteiger partial charge in [-0.15, -0.1) is 0 Å². The van der Waals surface area contributed by atoms with Crippen molar-refractivity contribution < 1.29 is 9.59 Å². The minimum Gasteiger partial charge on any atom is -0.368 e. The van der Waals surface area contributed by atoms with E-state index in [9.17, 15) is 9.59 Å². The van der Waals surface area contributed by atoms with Crippen LogP contribution in [0.4, 0.5) is 0 Å². The van der Waals surface area contributed by atoms with Crippen molar-refractivity contribution in [1.82, 2.24) is 5.32 Å². The molecule has 2 amide bonds. The molecule has 2 rings (SSSR count). The third-order valence-electron chi connectivity index (χ3n) is 3.61. The van der Waals surface area contributed by atoms with E-state index in [1.165, 1.54) is 0 Å². The lowest BCUT2D eigenvalue weighted by Gasteiger charge is -2.15. The Morgan fingerprint density at radius 1 is 1.00 bits per heavy atom. The van der Waals surface area contributed by atoms with Gasteiger partial charge in [0, 0.05) is 12.8 Å². The quantitative estimate of drug-likeness (QED) is 0.784. The van der Waals surface area contributed by atoms with Gasteiger partial charge >= 0.3 is 0 Å². The summed E-state index contributed by atoms with van der Waals surface area (Å²) in [5.41, 5.74) is 7.45. The number of nitrogens with two attached hydrogens (primary N) is 1. The van der Waals surface area contributed by atoms with E-state index in [2.05, 4.69) is 5.32 Å². The monoisotopic (exact) mass is 322 g/mol. The molecule has 24 heavy (non-hydrogen) atoms. The summed E-state index contributed by atoms with van der Waals surface area (Å²) in [5.74, 6) is -0.695. The highest BCUT2D eigenvalue weighted by Crippen LogP contribution is 2.05. The molecule has 0 aliphatic heterocycles. The standard InChI is InChI=1S/C20H22N2O2/c21-20(24)18(15-17-12-5-2-6-13-17)22-19(23)14-8-7-11-16-9-3-1-4-10-16/h1-7,9-13,18H,8,14-15H2,(H2,21,24)(H,22,23)/b11-7-/t18-/m1/s1. The molecule has 0 radical (unpaired) electrons. The Morgan fingerprint density at radius 2 is 1.62 bits per heavy atom. The summed E-state index contributed by atoms with van der Waals surface area (Å²) >= 11 is 0. The minimum absolute atomic E-state index is 0.174. The van der Waals surface area contributed by atoms with Gasteiger partial charge in [-0.2, -0.15) is 0 Å². The van der Waals surface area contributed by atoms with Gasteiger partial charge in [0.15, 0.2) is 0 Å². The lowest BCUT2D eigenvalue weighted by molar-refractivity contribution is -0.127. The molecule has 3 N–H and O–H groups in total. The smallest absolute Gasteiger partial charge is 0.240 e. The normalized spacial score (nSPS) is 12.0. The van der Waals surface area contributed by atoms with Crippen molar-refractivity contribution in [2.45, 2.75) is 25.3 Å². The Hall–Kier alpha value is -2.88. The average molecular weight is 322 g/mol. The second-order valence-corrected chi connectivity index (χ2v) is 5.56. The highest BCUT2D eigenvalue weighted by Gasteiger charge is 2.17. The molecule has 0 unspecified atom stereocenters. The molecule has 0 bridgehead atoms. The van der Waals surface area contributed by atoms with Crippen molar-refractivity contribution in [2.24, 2.45) is 5.73 Å². The van der Waals surface area contributed by atoms with Crippen molar-refractivity contribution in [3.63, 3.8) is 0 Å². The largest absolute Gasteiger partial charge is 0.368 e. The average Bonchev–Trinajstić information content (AvgIpc) is 2.60. The van der Waals surface area contributed by atoms with Gasteiger partial charge in [0.2, 0.25) is 11.8 Å². The highest BCUT2D eigenvalue weighted by atomic mass is 16.2. The molecule has 4 nitrogen and oxygen atoms in total. The van der Waals surface area contributed by atoms with Crippen LogP contribution < -0.4 is 11.1 Å². The Balaban J connectivity index is 1.80. The predicted octanol–water partition coefficient (Wildman–Crippen LogP) is 2.69. The zero-order valence-corrected chi connectivity index (χ0v) is 13.5. The van der Waals surface area contributed by atoms with Crippen LogP contribution >= 0.6 is 0 Å². The lowest BCUT2D eigenvalue weighted by atomic mass is 10.1. The number of hydrogen-bond acceptors (Lipinski definition) is 2. The van der Waals surface area contributed by atoms with Crippen LogP contribution in [0.2, 0.25) is 0 Å². The zero-order chi connectivity index (χ0) is 17.2. The highest BCUT2D eigenvalue weighted by molar-refractivity contribution is 5.86.